The Morgan fingerprint density at radius 3 is 2.72 bits per heavy atom. The van der Waals surface area contributed by atoms with E-state index in [2.05, 4.69) is 20.5 Å². The van der Waals surface area contributed by atoms with Crippen molar-refractivity contribution in [2.24, 2.45) is 0 Å². The molecule has 2 aliphatic rings. The predicted molar refractivity (Wildman–Crippen MR) is 130 cm³/mol. The number of hydrogen-bond acceptors (Lipinski definition) is 7. The molecular weight excluding hydrogens is 472 g/mol. The number of halogens is 2. The van der Waals surface area contributed by atoms with Gasteiger partial charge in [0, 0.05) is 55.7 Å². The molecule has 0 atom stereocenters. The molecular formula is C25H29F2N5O4. The molecule has 0 bridgehead atoms. The molecule has 1 saturated heterocycles. The van der Waals surface area contributed by atoms with Crippen molar-refractivity contribution in [3.63, 3.8) is 0 Å². The molecule has 1 aliphatic carbocycles. The number of morpholine rings is 1. The number of imidazole rings is 1. The summed E-state index contributed by atoms with van der Waals surface area (Å²) in [5.41, 5.74) is 2.75. The third-order valence-electron chi connectivity index (χ3n) is 6.31. The summed E-state index contributed by atoms with van der Waals surface area (Å²) in [5, 5.41) is 6.23. The van der Waals surface area contributed by atoms with Gasteiger partial charge in [0.15, 0.2) is 0 Å². The number of nitrogens with one attached hydrogen (secondary N) is 2. The number of alkyl halides is 2. The van der Waals surface area contributed by atoms with E-state index < -0.39 is 12.5 Å². The van der Waals surface area contributed by atoms with Crippen LogP contribution in [0.25, 0.3) is 16.9 Å². The fourth-order valence-electron chi connectivity index (χ4n) is 4.28. The van der Waals surface area contributed by atoms with E-state index in [-0.39, 0.29) is 23.1 Å². The summed E-state index contributed by atoms with van der Waals surface area (Å²) in [5.74, 6) is -0.589. The third-order valence-corrected chi connectivity index (χ3v) is 6.31. The number of fused-ring (bicyclic) bond motifs is 1. The summed E-state index contributed by atoms with van der Waals surface area (Å²) < 4.78 is 43.9. The molecule has 0 spiro atoms. The summed E-state index contributed by atoms with van der Waals surface area (Å²) in [4.78, 5) is 19.6. The van der Waals surface area contributed by atoms with Gasteiger partial charge in [-0.2, -0.15) is 8.78 Å². The van der Waals surface area contributed by atoms with Crippen molar-refractivity contribution in [3.8, 4) is 22.8 Å². The Balaban J connectivity index is 1.39. The number of carbonyl (C=O) groups is 1. The topological polar surface area (TPSA) is 89.4 Å². The number of ether oxygens (including phenoxy) is 3. The van der Waals surface area contributed by atoms with Crippen molar-refractivity contribution in [2.45, 2.75) is 25.5 Å². The minimum absolute atomic E-state index is 0.0472. The molecule has 3 aromatic rings. The zero-order valence-electron chi connectivity index (χ0n) is 20.0. The molecule has 2 fully saturated rings. The first-order valence-electron chi connectivity index (χ1n) is 12.0. The van der Waals surface area contributed by atoms with Gasteiger partial charge in [0.1, 0.15) is 22.7 Å². The predicted octanol–water partition coefficient (Wildman–Crippen LogP) is 3.25. The van der Waals surface area contributed by atoms with E-state index in [1.165, 1.54) is 13.2 Å². The van der Waals surface area contributed by atoms with Gasteiger partial charge in [-0.1, -0.05) is 0 Å². The van der Waals surface area contributed by atoms with Crippen molar-refractivity contribution >= 4 is 17.2 Å². The highest BCUT2D eigenvalue weighted by molar-refractivity contribution is 6.01. The molecule has 0 unspecified atom stereocenters. The number of benzene rings is 1. The first-order valence-corrected chi connectivity index (χ1v) is 12.0. The van der Waals surface area contributed by atoms with Crippen LogP contribution < -0.4 is 20.1 Å². The first kappa shape index (κ1) is 24.3. The lowest BCUT2D eigenvalue weighted by atomic mass is 10.1. The number of methoxy groups -OCH3 is 1. The smallest absolute Gasteiger partial charge is 0.387 e. The lowest BCUT2D eigenvalue weighted by Crippen LogP contribution is -2.39. The normalized spacial score (nSPS) is 16.3. The Labute approximate surface area is 207 Å². The van der Waals surface area contributed by atoms with Crippen molar-refractivity contribution in [3.05, 3.63) is 42.2 Å². The summed E-state index contributed by atoms with van der Waals surface area (Å²) in [6, 6.07) is 6.97. The van der Waals surface area contributed by atoms with Crippen molar-refractivity contribution in [1.82, 2.24) is 19.6 Å². The molecule has 3 heterocycles. The standard InChI is InChI=1S/C25H29F2N5O4/c1-34-20-12-16(13-21(36-25(26)27)23(20)24(33)30-17-2-3-17)19-15-29-22-14-18(4-6-32(19)22)28-5-7-31-8-10-35-11-9-31/h4,6,12-15,17,25,28H,2-3,5,7-11H2,1H3,(H,30,33). The Bertz CT molecular complexity index is 1220. The SMILES string of the molecule is COc1cc(-c2cnc3cc(NCCN4CCOCC4)ccn23)cc(OC(F)F)c1C(=O)NC1CC1. The highest BCUT2D eigenvalue weighted by Gasteiger charge is 2.29. The van der Waals surface area contributed by atoms with Crippen LogP contribution in [0.2, 0.25) is 0 Å². The van der Waals surface area contributed by atoms with Crippen LogP contribution in [0.5, 0.6) is 11.5 Å². The molecule has 11 heteroatoms. The maximum atomic E-state index is 13.2. The second-order valence-electron chi connectivity index (χ2n) is 8.85. The second kappa shape index (κ2) is 10.7. The van der Waals surface area contributed by atoms with E-state index in [9.17, 15) is 13.6 Å². The highest BCUT2D eigenvalue weighted by atomic mass is 19.3. The first-order chi connectivity index (χ1) is 17.5. The fourth-order valence-corrected chi connectivity index (χ4v) is 4.28. The molecule has 192 valence electrons. The largest absolute Gasteiger partial charge is 0.496 e. The maximum Gasteiger partial charge on any atom is 0.387 e. The van der Waals surface area contributed by atoms with E-state index in [0.717, 1.165) is 57.9 Å². The Morgan fingerprint density at radius 2 is 2.00 bits per heavy atom. The summed E-state index contributed by atoms with van der Waals surface area (Å²) in [7, 11) is 1.39. The molecule has 9 nitrogen and oxygen atoms in total. The number of anilines is 1. The van der Waals surface area contributed by atoms with Crippen LogP contribution in [-0.2, 0) is 4.74 Å². The van der Waals surface area contributed by atoms with Crippen molar-refractivity contribution < 1.29 is 27.8 Å². The average molecular weight is 502 g/mol. The Kier molecular flexibility index (Phi) is 7.19. The molecule has 5 rings (SSSR count). The lowest BCUT2D eigenvalue weighted by molar-refractivity contribution is -0.0502. The van der Waals surface area contributed by atoms with Gasteiger partial charge in [0.05, 0.1) is 32.2 Å². The van der Waals surface area contributed by atoms with E-state index in [0.29, 0.717) is 16.9 Å². The number of hydrogen-bond donors (Lipinski definition) is 2. The number of pyridine rings is 1. The molecule has 1 amide bonds. The van der Waals surface area contributed by atoms with Gasteiger partial charge in [-0.05, 0) is 31.0 Å². The number of rotatable bonds is 10. The fraction of sp³-hybridized carbons (Fsp3) is 0.440. The van der Waals surface area contributed by atoms with E-state index in [4.69, 9.17) is 14.2 Å². The summed E-state index contributed by atoms with van der Waals surface area (Å²) in [6.07, 6.45) is 5.24. The number of aromatic nitrogens is 2. The molecule has 0 radical (unpaired) electrons. The van der Waals surface area contributed by atoms with Crippen LogP contribution in [0.1, 0.15) is 23.2 Å². The van der Waals surface area contributed by atoms with Crippen molar-refractivity contribution in [1.29, 1.82) is 0 Å². The number of carbonyl (C=O) groups excluding carboxylic acids is 1. The highest BCUT2D eigenvalue weighted by Crippen LogP contribution is 2.37. The van der Waals surface area contributed by atoms with Crippen LogP contribution >= 0.6 is 0 Å². The van der Waals surface area contributed by atoms with E-state index in [1.807, 2.05) is 22.7 Å². The molecule has 2 N–H and O–H groups in total. The van der Waals surface area contributed by atoms with Crippen LogP contribution in [0.3, 0.4) is 0 Å². The van der Waals surface area contributed by atoms with E-state index >= 15 is 0 Å². The van der Waals surface area contributed by atoms with Gasteiger partial charge in [0.25, 0.3) is 5.91 Å². The van der Waals surface area contributed by atoms with Crippen LogP contribution in [0, 0.1) is 0 Å². The minimum atomic E-state index is -3.09. The molecule has 1 aromatic carbocycles. The maximum absolute atomic E-state index is 13.2. The summed E-state index contributed by atoms with van der Waals surface area (Å²) >= 11 is 0. The Morgan fingerprint density at radius 1 is 1.22 bits per heavy atom. The van der Waals surface area contributed by atoms with Gasteiger partial charge in [-0.25, -0.2) is 4.98 Å². The van der Waals surface area contributed by atoms with Gasteiger partial charge in [-0.3, -0.25) is 14.1 Å². The molecule has 1 saturated carbocycles. The van der Waals surface area contributed by atoms with E-state index in [1.54, 1.807) is 12.3 Å². The second-order valence-corrected chi connectivity index (χ2v) is 8.85. The van der Waals surface area contributed by atoms with Gasteiger partial charge >= 0.3 is 6.61 Å². The summed E-state index contributed by atoms with van der Waals surface area (Å²) in [6.45, 7) is 2.03. The zero-order chi connectivity index (χ0) is 25.1. The minimum Gasteiger partial charge on any atom is -0.496 e. The van der Waals surface area contributed by atoms with Gasteiger partial charge < -0.3 is 24.8 Å². The van der Waals surface area contributed by atoms with Gasteiger partial charge in [-0.15, -0.1) is 0 Å². The Hall–Kier alpha value is -3.44. The third kappa shape index (κ3) is 5.52. The molecule has 36 heavy (non-hydrogen) atoms. The molecule has 1 aliphatic heterocycles. The monoisotopic (exact) mass is 501 g/mol. The van der Waals surface area contributed by atoms with Crippen molar-refractivity contribution in [2.75, 3.05) is 51.8 Å². The lowest BCUT2D eigenvalue weighted by Gasteiger charge is -2.26. The van der Waals surface area contributed by atoms with Crippen LogP contribution in [0.15, 0.2) is 36.7 Å². The van der Waals surface area contributed by atoms with Crippen LogP contribution in [-0.4, -0.2) is 79.3 Å². The van der Waals surface area contributed by atoms with Crippen LogP contribution in [0.4, 0.5) is 14.5 Å². The average Bonchev–Trinajstić information content (AvgIpc) is 3.58. The molecule has 2 aromatic heterocycles. The number of amides is 1. The van der Waals surface area contributed by atoms with Gasteiger partial charge in [0.2, 0.25) is 0 Å². The zero-order valence-corrected chi connectivity index (χ0v) is 20.0. The quantitative estimate of drug-likeness (QED) is 0.441. The number of nitrogens with zero attached hydrogens (tertiary/aromatic N) is 3.